The molecule has 1 aromatic heterocycles. The third kappa shape index (κ3) is 4.37. The van der Waals surface area contributed by atoms with Gasteiger partial charge in [-0.25, -0.2) is 0 Å². The zero-order valence-electron chi connectivity index (χ0n) is 14.1. The minimum absolute atomic E-state index is 0.533. The van der Waals surface area contributed by atoms with Crippen molar-refractivity contribution in [2.75, 3.05) is 6.54 Å². The molecule has 0 bridgehead atoms. The summed E-state index contributed by atoms with van der Waals surface area (Å²) in [7, 11) is 0. The van der Waals surface area contributed by atoms with Gasteiger partial charge in [0.25, 0.3) is 0 Å². The van der Waals surface area contributed by atoms with E-state index in [1.54, 1.807) is 6.21 Å². The Morgan fingerprint density at radius 2 is 2.13 bits per heavy atom. The predicted molar refractivity (Wildman–Crippen MR) is 99.7 cm³/mol. The van der Waals surface area contributed by atoms with Crippen LogP contribution in [0.5, 0.6) is 0 Å². The Hall–Kier alpha value is -2.73. The van der Waals surface area contributed by atoms with Crippen LogP contribution < -0.4 is 5.32 Å². The van der Waals surface area contributed by atoms with Crippen LogP contribution in [0.4, 0.5) is 0 Å². The van der Waals surface area contributed by atoms with Crippen molar-refractivity contribution in [2.24, 2.45) is 4.99 Å². The van der Waals surface area contributed by atoms with Crippen LogP contribution >= 0.6 is 0 Å². The van der Waals surface area contributed by atoms with Gasteiger partial charge >= 0.3 is 0 Å². The molecule has 0 atom stereocenters. The molecule has 0 saturated carbocycles. The van der Waals surface area contributed by atoms with Crippen LogP contribution in [0, 0.1) is 18.8 Å². The Kier molecular flexibility index (Phi) is 5.43. The molecule has 1 heterocycles. The number of benzene rings is 1. The lowest BCUT2D eigenvalue weighted by Crippen LogP contribution is -2.13. The molecule has 118 valence electrons. The molecule has 1 aromatic carbocycles. The van der Waals surface area contributed by atoms with Crippen molar-refractivity contribution < 1.29 is 0 Å². The molecule has 0 radical (unpaired) electrons. The molecule has 0 amide bonds. The van der Waals surface area contributed by atoms with E-state index in [9.17, 15) is 0 Å². The molecular formula is C20H23N3. The van der Waals surface area contributed by atoms with Gasteiger partial charge in [-0.2, -0.15) is 0 Å². The molecule has 1 N–H and O–H groups in total. The van der Waals surface area contributed by atoms with E-state index in [1.807, 2.05) is 6.92 Å². The quantitative estimate of drug-likeness (QED) is 0.656. The highest BCUT2D eigenvalue weighted by molar-refractivity contribution is 5.83. The van der Waals surface area contributed by atoms with Gasteiger partial charge < -0.3 is 9.88 Å². The molecule has 0 fully saturated rings. The van der Waals surface area contributed by atoms with Crippen molar-refractivity contribution in [1.82, 2.24) is 9.88 Å². The maximum atomic E-state index is 4.09. The first kappa shape index (κ1) is 16.6. The van der Waals surface area contributed by atoms with E-state index in [-0.39, 0.29) is 0 Å². The Bertz CT molecular complexity index is 826. The van der Waals surface area contributed by atoms with Crippen LogP contribution in [0.2, 0.25) is 0 Å². The van der Waals surface area contributed by atoms with Crippen molar-refractivity contribution in [2.45, 2.75) is 27.3 Å². The molecular weight excluding hydrogens is 282 g/mol. The largest absolute Gasteiger partial charge is 0.373 e. The summed E-state index contributed by atoms with van der Waals surface area (Å²) < 4.78 is 2.24. The van der Waals surface area contributed by atoms with E-state index < -0.39 is 0 Å². The van der Waals surface area contributed by atoms with Gasteiger partial charge in [-0.1, -0.05) is 30.7 Å². The third-order valence-electron chi connectivity index (χ3n) is 3.43. The second kappa shape index (κ2) is 7.51. The van der Waals surface area contributed by atoms with Gasteiger partial charge in [0.15, 0.2) is 0 Å². The second-order valence-electron chi connectivity index (χ2n) is 5.51. The lowest BCUT2D eigenvalue weighted by atomic mass is 10.2. The van der Waals surface area contributed by atoms with Crippen LogP contribution in [0.1, 0.15) is 25.1 Å². The molecule has 2 rings (SSSR count). The first-order chi connectivity index (χ1) is 11.0. The van der Waals surface area contributed by atoms with E-state index in [4.69, 9.17) is 0 Å². The summed E-state index contributed by atoms with van der Waals surface area (Å²) >= 11 is 0. The van der Waals surface area contributed by atoms with Gasteiger partial charge in [-0.15, -0.1) is 0 Å². The Labute approximate surface area is 138 Å². The second-order valence-corrected chi connectivity index (χ2v) is 5.51. The summed E-state index contributed by atoms with van der Waals surface area (Å²) in [6.07, 6.45) is 1.66. The molecule has 0 unspecified atom stereocenters. The van der Waals surface area contributed by atoms with Crippen LogP contribution in [0.25, 0.3) is 10.9 Å². The number of nitrogens with zero attached hydrogens (tertiary/aromatic N) is 2. The maximum absolute atomic E-state index is 4.09. The Morgan fingerprint density at radius 3 is 2.83 bits per heavy atom. The number of hydrogen-bond donors (Lipinski definition) is 1. The van der Waals surface area contributed by atoms with Crippen molar-refractivity contribution >= 4 is 17.1 Å². The summed E-state index contributed by atoms with van der Waals surface area (Å²) in [6, 6.07) is 8.64. The van der Waals surface area contributed by atoms with Crippen molar-refractivity contribution in [3.05, 3.63) is 60.1 Å². The van der Waals surface area contributed by atoms with Gasteiger partial charge in [-0.3, -0.25) is 4.99 Å². The van der Waals surface area contributed by atoms with Gasteiger partial charge in [0.1, 0.15) is 0 Å². The van der Waals surface area contributed by atoms with E-state index in [2.05, 4.69) is 78.0 Å². The van der Waals surface area contributed by atoms with E-state index in [0.717, 1.165) is 23.6 Å². The molecule has 0 aliphatic heterocycles. The van der Waals surface area contributed by atoms with E-state index in [0.29, 0.717) is 6.54 Å². The molecule has 0 saturated heterocycles. The fourth-order valence-corrected chi connectivity index (χ4v) is 2.36. The van der Waals surface area contributed by atoms with E-state index >= 15 is 0 Å². The van der Waals surface area contributed by atoms with Gasteiger partial charge in [0.2, 0.25) is 0 Å². The normalized spacial score (nSPS) is 10.6. The summed E-state index contributed by atoms with van der Waals surface area (Å²) in [4.78, 5) is 4.09. The first-order valence-electron chi connectivity index (χ1n) is 7.72. The Morgan fingerprint density at radius 1 is 1.35 bits per heavy atom. The minimum atomic E-state index is 0.533. The highest BCUT2D eigenvalue weighted by Gasteiger charge is 2.05. The summed E-state index contributed by atoms with van der Waals surface area (Å²) in [5.41, 5.74) is 5.01. The predicted octanol–water partition coefficient (Wildman–Crippen LogP) is 4.03. The fraction of sp³-hybridized carbons (Fsp3) is 0.250. The first-order valence-corrected chi connectivity index (χ1v) is 7.72. The SMILES string of the molecule is C=C(C)N=CC(=C)NCC#Cc1cc2cc(C)ccc2n1CC. The van der Waals surface area contributed by atoms with Crippen molar-refractivity contribution in [3.63, 3.8) is 0 Å². The molecule has 0 aliphatic carbocycles. The standard InChI is InChI=1S/C20H23N3/c1-6-23-19(13-18-12-16(4)9-10-20(18)23)8-7-11-21-17(5)14-22-15(2)3/h9-10,12-14,21H,2,5-6,11H2,1,3-4H3. The molecule has 3 nitrogen and oxygen atoms in total. The highest BCUT2D eigenvalue weighted by atomic mass is 15.0. The number of nitrogens with one attached hydrogen (secondary N) is 1. The number of hydrogen-bond acceptors (Lipinski definition) is 2. The van der Waals surface area contributed by atoms with Crippen molar-refractivity contribution in [3.8, 4) is 11.8 Å². The molecule has 0 aliphatic rings. The average molecular weight is 305 g/mol. The number of aliphatic imine (C=N–C) groups is 1. The maximum Gasteiger partial charge on any atom is 0.0931 e. The zero-order valence-corrected chi connectivity index (χ0v) is 14.1. The van der Waals surface area contributed by atoms with Gasteiger partial charge in [0, 0.05) is 35.1 Å². The minimum Gasteiger partial charge on any atom is -0.373 e. The smallest absolute Gasteiger partial charge is 0.0931 e. The van der Waals surface area contributed by atoms with Crippen LogP contribution in [-0.4, -0.2) is 17.3 Å². The fourth-order valence-electron chi connectivity index (χ4n) is 2.36. The highest BCUT2D eigenvalue weighted by Crippen LogP contribution is 2.20. The lowest BCUT2D eigenvalue weighted by Gasteiger charge is -2.03. The molecule has 2 aromatic rings. The number of rotatable bonds is 5. The molecule has 3 heteroatoms. The topological polar surface area (TPSA) is 29.3 Å². The number of aromatic nitrogens is 1. The molecule has 0 spiro atoms. The summed E-state index contributed by atoms with van der Waals surface area (Å²) in [5.74, 6) is 6.38. The van der Waals surface area contributed by atoms with E-state index in [1.165, 1.54) is 16.5 Å². The lowest BCUT2D eigenvalue weighted by molar-refractivity contribution is 0.787. The molecule has 23 heavy (non-hydrogen) atoms. The van der Waals surface area contributed by atoms with Crippen molar-refractivity contribution in [1.29, 1.82) is 0 Å². The van der Waals surface area contributed by atoms with Gasteiger partial charge in [0.05, 0.1) is 12.2 Å². The number of aryl methyl sites for hydroxylation is 2. The summed E-state index contributed by atoms with van der Waals surface area (Å²) in [5, 5.41) is 4.36. The van der Waals surface area contributed by atoms with Gasteiger partial charge in [-0.05, 0) is 44.9 Å². The zero-order chi connectivity index (χ0) is 16.8. The van der Waals surface area contributed by atoms with Crippen LogP contribution in [0.3, 0.4) is 0 Å². The van der Waals surface area contributed by atoms with Crippen LogP contribution in [-0.2, 0) is 6.54 Å². The average Bonchev–Trinajstić information content (AvgIpc) is 2.85. The number of allylic oxidation sites excluding steroid dienone is 2. The monoisotopic (exact) mass is 305 g/mol. The van der Waals surface area contributed by atoms with Crippen LogP contribution in [0.15, 0.2) is 53.8 Å². The third-order valence-corrected chi connectivity index (χ3v) is 3.43. The number of fused-ring (bicyclic) bond motifs is 1. The summed E-state index contributed by atoms with van der Waals surface area (Å²) in [6.45, 7) is 15.1. The Balaban J connectivity index is 2.10.